The van der Waals surface area contributed by atoms with Crippen LogP contribution in [0.15, 0.2) is 47.6 Å². The van der Waals surface area contributed by atoms with E-state index in [0.717, 1.165) is 5.56 Å². The molecular formula is C20H21ClN4O4. The highest BCUT2D eigenvalue weighted by Gasteiger charge is 2.21. The van der Waals surface area contributed by atoms with Crippen LogP contribution in [0, 0.1) is 0 Å². The van der Waals surface area contributed by atoms with Gasteiger partial charge in [-0.1, -0.05) is 11.6 Å². The summed E-state index contributed by atoms with van der Waals surface area (Å²) < 4.78 is 10.7. The van der Waals surface area contributed by atoms with E-state index in [1.165, 1.54) is 7.11 Å². The monoisotopic (exact) mass is 416 g/mol. The van der Waals surface area contributed by atoms with Gasteiger partial charge in [0.15, 0.2) is 17.8 Å². The molecule has 3 N–H and O–H groups in total. The maximum absolute atomic E-state index is 12.3. The maximum atomic E-state index is 12.3. The summed E-state index contributed by atoms with van der Waals surface area (Å²) in [5.41, 5.74) is 3.93. The Bertz CT molecular complexity index is 917. The Balaban J connectivity index is 1.64. The highest BCUT2D eigenvalue weighted by atomic mass is 35.5. The molecule has 3 rings (SSSR count). The van der Waals surface area contributed by atoms with Crippen LogP contribution in [0.3, 0.4) is 0 Å². The van der Waals surface area contributed by atoms with Gasteiger partial charge in [0.25, 0.3) is 0 Å². The third-order valence-corrected chi connectivity index (χ3v) is 4.39. The molecule has 2 atom stereocenters. The van der Waals surface area contributed by atoms with E-state index in [0.29, 0.717) is 22.8 Å². The number of ether oxygens (including phenoxy) is 2. The van der Waals surface area contributed by atoms with Crippen molar-refractivity contribution in [3.63, 3.8) is 0 Å². The first-order valence-electron chi connectivity index (χ1n) is 8.94. The lowest BCUT2D eigenvalue weighted by atomic mass is 10.2. The number of nitrogens with zero attached hydrogens (tertiary/aromatic N) is 1. The molecular weight excluding hydrogens is 396 g/mol. The second-order valence-electron chi connectivity index (χ2n) is 6.47. The molecule has 1 aliphatic rings. The van der Waals surface area contributed by atoms with Crippen LogP contribution in [0.2, 0.25) is 5.02 Å². The van der Waals surface area contributed by atoms with Crippen LogP contribution >= 0.6 is 11.6 Å². The molecule has 2 aromatic rings. The van der Waals surface area contributed by atoms with E-state index in [2.05, 4.69) is 21.2 Å². The number of esters is 1. The Morgan fingerprint density at radius 1 is 1.24 bits per heavy atom. The van der Waals surface area contributed by atoms with Crippen molar-refractivity contribution >= 4 is 29.7 Å². The summed E-state index contributed by atoms with van der Waals surface area (Å²) in [5, 5.41) is 10.6. The van der Waals surface area contributed by atoms with Crippen molar-refractivity contribution < 1.29 is 19.1 Å². The van der Waals surface area contributed by atoms with E-state index in [1.807, 2.05) is 6.92 Å². The molecule has 0 radical (unpaired) electrons. The van der Waals surface area contributed by atoms with Crippen LogP contribution in [0.25, 0.3) is 0 Å². The molecule has 1 saturated heterocycles. The average molecular weight is 417 g/mol. The van der Waals surface area contributed by atoms with Crippen molar-refractivity contribution in [3.8, 4) is 11.5 Å². The topological polar surface area (TPSA) is 101 Å². The third-order valence-electron chi connectivity index (χ3n) is 4.14. The number of carbonyl (C=O) groups excluding carboxylic acids is 2. The molecule has 1 heterocycles. The smallest absolute Gasteiger partial charge is 0.343 e. The standard InChI is InChI=1S/C20H21ClN4O4/c1-12-9-18(26)24-20(23-12)25-22-11-13-3-8-16(17(10-13)28-2)29-19(27)14-4-6-15(21)7-5-14/h3-8,10-12,20,23,25H,9H2,1-2H3,(H,24,26)/b22-11+. The van der Waals surface area contributed by atoms with E-state index in [1.54, 1.807) is 48.7 Å². The first kappa shape index (κ1) is 20.6. The summed E-state index contributed by atoms with van der Waals surface area (Å²) in [7, 11) is 1.48. The van der Waals surface area contributed by atoms with Crippen molar-refractivity contribution in [2.45, 2.75) is 25.7 Å². The largest absolute Gasteiger partial charge is 0.493 e. The van der Waals surface area contributed by atoms with Crippen LogP contribution in [0.4, 0.5) is 0 Å². The lowest BCUT2D eigenvalue weighted by Gasteiger charge is -2.28. The normalized spacial score (nSPS) is 18.9. The van der Waals surface area contributed by atoms with Crippen molar-refractivity contribution in [1.29, 1.82) is 0 Å². The Kier molecular flexibility index (Phi) is 6.69. The molecule has 0 spiro atoms. The van der Waals surface area contributed by atoms with Crippen LogP contribution in [0.1, 0.15) is 29.3 Å². The molecule has 29 heavy (non-hydrogen) atoms. The van der Waals surface area contributed by atoms with Gasteiger partial charge >= 0.3 is 5.97 Å². The Labute approximate surface area is 173 Å². The quantitative estimate of drug-likeness (QED) is 0.289. The van der Waals surface area contributed by atoms with Crippen molar-refractivity contribution in [3.05, 3.63) is 58.6 Å². The second kappa shape index (κ2) is 9.40. The molecule has 1 fully saturated rings. The zero-order chi connectivity index (χ0) is 20.8. The van der Waals surface area contributed by atoms with E-state index >= 15 is 0 Å². The molecule has 9 heteroatoms. The Morgan fingerprint density at radius 3 is 2.69 bits per heavy atom. The molecule has 152 valence electrons. The van der Waals surface area contributed by atoms with Crippen molar-refractivity contribution in [2.24, 2.45) is 5.10 Å². The number of carbonyl (C=O) groups is 2. The van der Waals surface area contributed by atoms with Crippen molar-refractivity contribution in [2.75, 3.05) is 7.11 Å². The highest BCUT2D eigenvalue weighted by Crippen LogP contribution is 2.28. The lowest BCUT2D eigenvalue weighted by Crippen LogP contribution is -2.60. The fourth-order valence-corrected chi connectivity index (χ4v) is 2.86. The van der Waals surface area contributed by atoms with Gasteiger partial charge in [-0.05, 0) is 55.0 Å². The van der Waals surface area contributed by atoms with E-state index in [-0.39, 0.29) is 17.7 Å². The van der Waals surface area contributed by atoms with Crippen molar-refractivity contribution in [1.82, 2.24) is 16.1 Å². The van der Waals surface area contributed by atoms with Crippen LogP contribution in [-0.2, 0) is 4.79 Å². The van der Waals surface area contributed by atoms with Gasteiger partial charge in [0.2, 0.25) is 5.91 Å². The summed E-state index contributed by atoms with van der Waals surface area (Å²) in [5.74, 6) is 0.107. The number of rotatable bonds is 6. The third kappa shape index (κ3) is 5.69. The minimum atomic E-state index is -0.517. The fourth-order valence-electron chi connectivity index (χ4n) is 2.73. The minimum absolute atomic E-state index is 0.0440. The number of nitrogens with one attached hydrogen (secondary N) is 3. The number of halogens is 1. The Hall–Kier alpha value is -3.10. The molecule has 0 aromatic heterocycles. The molecule has 1 amide bonds. The highest BCUT2D eigenvalue weighted by molar-refractivity contribution is 6.30. The summed E-state index contributed by atoms with van der Waals surface area (Å²) in [6, 6.07) is 11.5. The number of hydrogen-bond donors (Lipinski definition) is 3. The van der Waals surface area contributed by atoms with Gasteiger partial charge in [-0.25, -0.2) is 4.79 Å². The van der Waals surface area contributed by atoms with Crippen LogP contribution < -0.4 is 25.5 Å². The number of benzene rings is 2. The fraction of sp³-hybridized carbons (Fsp3) is 0.250. The molecule has 1 aliphatic heterocycles. The molecule has 8 nitrogen and oxygen atoms in total. The second-order valence-corrected chi connectivity index (χ2v) is 6.90. The SMILES string of the molecule is COc1cc(/C=N/NC2NC(=O)CC(C)N2)ccc1OC(=O)c1ccc(Cl)cc1. The van der Waals surface area contributed by atoms with E-state index in [4.69, 9.17) is 21.1 Å². The van der Waals surface area contributed by atoms with Gasteiger partial charge in [-0.2, -0.15) is 5.10 Å². The number of amides is 1. The summed E-state index contributed by atoms with van der Waals surface area (Å²) in [4.78, 5) is 23.8. The summed E-state index contributed by atoms with van der Waals surface area (Å²) in [6.07, 6.45) is 1.56. The minimum Gasteiger partial charge on any atom is -0.493 e. The van der Waals surface area contributed by atoms with Gasteiger partial charge in [0.1, 0.15) is 0 Å². The van der Waals surface area contributed by atoms with Gasteiger partial charge in [0.05, 0.1) is 18.9 Å². The van der Waals surface area contributed by atoms with E-state index in [9.17, 15) is 9.59 Å². The molecule has 0 aliphatic carbocycles. The maximum Gasteiger partial charge on any atom is 0.343 e. The Morgan fingerprint density at radius 2 is 2.00 bits per heavy atom. The lowest BCUT2D eigenvalue weighted by molar-refractivity contribution is -0.124. The first-order chi connectivity index (χ1) is 13.9. The molecule has 0 saturated carbocycles. The predicted octanol–water partition coefficient (Wildman–Crippen LogP) is 2.27. The number of hydrogen-bond acceptors (Lipinski definition) is 7. The molecule has 2 unspecified atom stereocenters. The average Bonchev–Trinajstić information content (AvgIpc) is 2.68. The number of hydrazone groups is 1. The zero-order valence-electron chi connectivity index (χ0n) is 15.9. The predicted molar refractivity (Wildman–Crippen MR) is 109 cm³/mol. The molecule has 0 bridgehead atoms. The van der Waals surface area contributed by atoms with Gasteiger partial charge in [-0.3, -0.25) is 15.5 Å². The zero-order valence-corrected chi connectivity index (χ0v) is 16.7. The van der Waals surface area contributed by atoms with E-state index < -0.39 is 12.3 Å². The summed E-state index contributed by atoms with van der Waals surface area (Å²) in [6.45, 7) is 1.92. The summed E-state index contributed by atoms with van der Waals surface area (Å²) >= 11 is 5.83. The van der Waals surface area contributed by atoms with Gasteiger partial charge < -0.3 is 14.8 Å². The van der Waals surface area contributed by atoms with Gasteiger partial charge in [-0.15, -0.1) is 0 Å². The van der Waals surface area contributed by atoms with Crippen LogP contribution in [0.5, 0.6) is 11.5 Å². The number of methoxy groups -OCH3 is 1. The first-order valence-corrected chi connectivity index (χ1v) is 9.32. The molecule has 2 aromatic carbocycles. The van der Waals surface area contributed by atoms with Crippen LogP contribution in [-0.4, -0.2) is 37.5 Å². The van der Waals surface area contributed by atoms with Gasteiger partial charge in [0, 0.05) is 17.5 Å².